The lowest BCUT2D eigenvalue weighted by atomic mass is 10.0. The molecule has 1 saturated carbocycles. The summed E-state index contributed by atoms with van der Waals surface area (Å²) < 4.78 is 5.34. The number of piperazine rings is 1. The quantitative estimate of drug-likeness (QED) is 0.278. The molecule has 2 fully saturated rings. The molecule has 1 aromatic rings. The summed E-state index contributed by atoms with van der Waals surface area (Å²) in [5.41, 5.74) is 4.11. The van der Waals surface area contributed by atoms with E-state index in [-0.39, 0.29) is 17.4 Å². The number of ether oxygens (including phenoxy) is 1. The summed E-state index contributed by atoms with van der Waals surface area (Å²) in [6.07, 6.45) is 7.42. The number of rotatable bonds is 11. The molecule has 34 heavy (non-hydrogen) atoms. The minimum Gasteiger partial charge on any atom is -0.463 e. The van der Waals surface area contributed by atoms with Crippen molar-refractivity contribution in [1.82, 2.24) is 25.0 Å². The molecule has 1 saturated heterocycles. The Morgan fingerprint density at radius 3 is 2.91 bits per heavy atom. The van der Waals surface area contributed by atoms with Gasteiger partial charge in [-0.05, 0) is 26.8 Å². The second-order valence-corrected chi connectivity index (χ2v) is 10.5. The van der Waals surface area contributed by atoms with Crippen LogP contribution in [0.3, 0.4) is 0 Å². The van der Waals surface area contributed by atoms with E-state index in [2.05, 4.69) is 32.0 Å². The number of carbonyl (C=O) groups excluding carboxylic acids is 2. The first-order chi connectivity index (χ1) is 16.5. The lowest BCUT2D eigenvalue weighted by Gasteiger charge is -2.42. The normalized spacial score (nSPS) is 22.3. The number of aromatic nitrogens is 1. The Kier molecular flexibility index (Phi) is 8.13. The second kappa shape index (κ2) is 11.1. The van der Waals surface area contributed by atoms with Gasteiger partial charge < -0.3 is 24.6 Å². The van der Waals surface area contributed by atoms with E-state index in [1.807, 2.05) is 18.4 Å². The van der Waals surface area contributed by atoms with Gasteiger partial charge in [-0.2, -0.15) is 0 Å². The molecule has 0 bridgehead atoms. The first-order valence-corrected chi connectivity index (χ1v) is 13.2. The molecule has 1 atom stereocenters. The van der Waals surface area contributed by atoms with Crippen LogP contribution in [-0.2, 0) is 14.3 Å². The van der Waals surface area contributed by atoms with E-state index in [9.17, 15) is 9.59 Å². The van der Waals surface area contributed by atoms with Crippen LogP contribution in [-0.4, -0.2) is 96.4 Å². The van der Waals surface area contributed by atoms with Crippen LogP contribution in [0.25, 0.3) is 5.70 Å². The second-order valence-electron chi connectivity index (χ2n) is 9.37. The molecule has 1 aliphatic carbocycles. The summed E-state index contributed by atoms with van der Waals surface area (Å²) in [6, 6.07) is 0.225. The number of nitrogens with one attached hydrogen (secondary N) is 1. The van der Waals surface area contributed by atoms with Crippen molar-refractivity contribution in [1.29, 1.82) is 0 Å². The third-order valence-electron chi connectivity index (χ3n) is 6.72. The molecule has 0 aromatic carbocycles. The number of nitrogens with zero attached hydrogens (tertiary/aromatic N) is 4. The maximum absolute atomic E-state index is 12.7. The number of thiazole rings is 1. The number of hydrogen-bond acceptors (Lipinski definition) is 9. The van der Waals surface area contributed by atoms with Gasteiger partial charge in [0.15, 0.2) is 0 Å². The average molecular weight is 504 g/mol. The fourth-order valence-electron chi connectivity index (χ4n) is 4.71. The van der Waals surface area contributed by atoms with Crippen molar-refractivity contribution < 1.29 is 14.3 Å². The molecule has 1 N–H and O–H groups in total. The van der Waals surface area contributed by atoms with Gasteiger partial charge in [0, 0.05) is 68.4 Å². The molecular formula is C24H33N5O3S2. The van der Waals surface area contributed by atoms with Crippen molar-refractivity contribution in [3.63, 3.8) is 0 Å². The van der Waals surface area contributed by atoms with Gasteiger partial charge in [-0.25, -0.2) is 9.78 Å². The Hall–Kier alpha value is -2.14. The number of aldehydes is 1. The molecule has 10 heteroatoms. The van der Waals surface area contributed by atoms with Gasteiger partial charge >= 0.3 is 5.97 Å². The van der Waals surface area contributed by atoms with Gasteiger partial charge in [-0.15, -0.1) is 11.3 Å². The van der Waals surface area contributed by atoms with Gasteiger partial charge in [0.05, 0.1) is 29.4 Å². The van der Waals surface area contributed by atoms with E-state index in [1.165, 1.54) is 0 Å². The van der Waals surface area contributed by atoms with Crippen LogP contribution in [0.15, 0.2) is 28.9 Å². The third-order valence-corrected chi connectivity index (χ3v) is 7.80. The Bertz CT molecular complexity index is 958. The summed E-state index contributed by atoms with van der Waals surface area (Å²) in [5.74, 6) is -0.267. The van der Waals surface area contributed by atoms with Crippen molar-refractivity contribution >= 4 is 47.0 Å². The average Bonchev–Trinajstić information content (AvgIpc) is 3.37. The van der Waals surface area contributed by atoms with E-state index < -0.39 is 0 Å². The Labute approximate surface area is 210 Å². The molecule has 1 aromatic heterocycles. The zero-order valence-electron chi connectivity index (χ0n) is 19.9. The molecule has 2 aliphatic heterocycles. The highest BCUT2D eigenvalue weighted by molar-refractivity contribution is 7.78. The molecule has 1 unspecified atom stereocenters. The summed E-state index contributed by atoms with van der Waals surface area (Å²) in [7, 11) is 2.08. The number of allylic oxidation sites excluding steroid dienone is 1. The predicted molar refractivity (Wildman–Crippen MR) is 137 cm³/mol. The maximum atomic E-state index is 12.7. The number of dihydropyridines is 1. The van der Waals surface area contributed by atoms with Crippen molar-refractivity contribution in [2.45, 2.75) is 32.2 Å². The van der Waals surface area contributed by atoms with Crippen molar-refractivity contribution in [3.8, 4) is 0 Å². The van der Waals surface area contributed by atoms with Crippen LogP contribution in [0.4, 0.5) is 0 Å². The van der Waals surface area contributed by atoms with Crippen LogP contribution >= 0.6 is 23.6 Å². The van der Waals surface area contributed by atoms with Crippen LogP contribution in [0.5, 0.6) is 0 Å². The topological polar surface area (TPSA) is 78.0 Å². The highest BCUT2D eigenvalue weighted by Gasteiger charge is 2.43. The number of carbonyl (C=O) groups is 2. The zero-order chi connectivity index (χ0) is 24.1. The Balaban J connectivity index is 1.45. The fraction of sp³-hybridized carbons (Fsp3) is 0.583. The minimum absolute atomic E-state index is 0.143. The predicted octanol–water partition coefficient (Wildman–Crippen LogP) is 2.15. The third kappa shape index (κ3) is 5.91. The minimum atomic E-state index is -0.267. The lowest BCUT2D eigenvalue weighted by molar-refractivity contribution is -0.138. The summed E-state index contributed by atoms with van der Waals surface area (Å²) in [5, 5.41) is 6.34. The van der Waals surface area contributed by atoms with Crippen LogP contribution in [0, 0.1) is 5.41 Å². The standard InChI is InChI=1S/C24H33N5O3S2/c1-3-32-23(31)19-4-5-20(22-25-8-11-34-22)26-21(19)14-28-9-10-29(17-33)18(13-28)12-27(2)15-24(16-30)6-7-24/h5,8,11,16-18,26H,3-4,6-7,9-10,12-15H2,1-2H3. The van der Waals surface area contributed by atoms with Crippen molar-refractivity contribution in [2.24, 2.45) is 5.41 Å². The van der Waals surface area contributed by atoms with E-state index in [0.717, 1.165) is 68.3 Å². The summed E-state index contributed by atoms with van der Waals surface area (Å²) >= 11 is 6.87. The SMILES string of the molecule is CCOC(=O)C1=C(CN2CCN(C=S)C(CN(C)CC3(C=O)CC3)C2)NC(c2nccs2)=CC1. The van der Waals surface area contributed by atoms with E-state index >= 15 is 0 Å². The van der Waals surface area contributed by atoms with Gasteiger partial charge in [-0.3, -0.25) is 4.90 Å². The molecule has 8 nitrogen and oxygen atoms in total. The van der Waals surface area contributed by atoms with E-state index in [0.29, 0.717) is 25.1 Å². The van der Waals surface area contributed by atoms with Crippen LogP contribution in [0.2, 0.25) is 0 Å². The molecule has 184 valence electrons. The molecule has 0 amide bonds. The van der Waals surface area contributed by atoms with Crippen molar-refractivity contribution in [2.75, 3.05) is 52.9 Å². The molecule has 3 aliphatic rings. The number of esters is 1. The molecule has 0 spiro atoms. The number of thiocarbonyl (C=S) groups is 1. The van der Waals surface area contributed by atoms with Gasteiger partial charge in [0.1, 0.15) is 11.3 Å². The number of hydrogen-bond donors (Lipinski definition) is 1. The molecule has 4 rings (SSSR count). The van der Waals surface area contributed by atoms with Gasteiger partial charge in [0.25, 0.3) is 0 Å². The first-order valence-electron chi connectivity index (χ1n) is 11.8. The van der Waals surface area contributed by atoms with Gasteiger partial charge in [0.2, 0.25) is 0 Å². The maximum Gasteiger partial charge on any atom is 0.336 e. The van der Waals surface area contributed by atoms with E-state index in [1.54, 1.807) is 23.0 Å². The van der Waals surface area contributed by atoms with Gasteiger partial charge in [-0.1, -0.05) is 18.3 Å². The fourth-order valence-corrected chi connectivity index (χ4v) is 5.62. The Morgan fingerprint density at radius 1 is 1.44 bits per heavy atom. The summed E-state index contributed by atoms with van der Waals surface area (Å²) in [6.45, 7) is 6.93. The highest BCUT2D eigenvalue weighted by Crippen LogP contribution is 2.43. The van der Waals surface area contributed by atoms with Crippen LogP contribution in [0.1, 0.15) is 31.2 Å². The zero-order valence-corrected chi connectivity index (χ0v) is 21.5. The Morgan fingerprint density at radius 2 is 2.26 bits per heavy atom. The van der Waals surface area contributed by atoms with Crippen LogP contribution < -0.4 is 5.32 Å². The largest absolute Gasteiger partial charge is 0.463 e. The molecular weight excluding hydrogens is 470 g/mol. The van der Waals surface area contributed by atoms with Crippen molar-refractivity contribution in [3.05, 3.63) is 33.9 Å². The summed E-state index contributed by atoms with van der Waals surface area (Å²) in [4.78, 5) is 35.4. The molecule has 3 heterocycles. The highest BCUT2D eigenvalue weighted by atomic mass is 32.1. The monoisotopic (exact) mass is 503 g/mol. The molecule has 0 radical (unpaired) electrons. The lowest BCUT2D eigenvalue weighted by Crippen LogP contribution is -2.56. The van der Waals surface area contributed by atoms with E-state index in [4.69, 9.17) is 17.0 Å². The smallest absolute Gasteiger partial charge is 0.336 e. The first kappa shape index (κ1) is 25.0. The number of likely N-dealkylation sites (N-methyl/N-ethyl adjacent to an activating group) is 1.